The first-order valence-electron chi connectivity index (χ1n) is 7.17. The number of nitriles is 1. The summed E-state index contributed by atoms with van der Waals surface area (Å²) in [6.07, 6.45) is 1.39. The second-order valence-corrected chi connectivity index (χ2v) is 6.07. The zero-order valence-corrected chi connectivity index (χ0v) is 13.7. The van der Waals surface area contributed by atoms with Gasteiger partial charge in [-0.05, 0) is 30.0 Å². The number of aryl methyl sites for hydroxylation is 1. The summed E-state index contributed by atoms with van der Waals surface area (Å²) in [4.78, 5) is 4.42. The molecule has 6 nitrogen and oxygen atoms in total. The molecule has 2 heterocycles. The van der Waals surface area contributed by atoms with Gasteiger partial charge < -0.3 is 14.9 Å². The fraction of sp³-hybridized carbons (Fsp3) is 0.118. The molecule has 1 aromatic carbocycles. The van der Waals surface area contributed by atoms with Crippen molar-refractivity contribution in [2.75, 3.05) is 5.75 Å². The van der Waals surface area contributed by atoms with E-state index in [2.05, 4.69) is 4.98 Å². The molecule has 3 aromatic rings. The van der Waals surface area contributed by atoms with Gasteiger partial charge in [-0.3, -0.25) is 0 Å². The normalized spacial score (nSPS) is 12.0. The molecule has 3 rings (SSSR count). The van der Waals surface area contributed by atoms with Gasteiger partial charge in [0, 0.05) is 19.2 Å². The van der Waals surface area contributed by atoms with Crippen LogP contribution in [0.2, 0.25) is 0 Å². The Morgan fingerprint density at radius 3 is 2.79 bits per heavy atom. The zero-order valence-electron chi connectivity index (χ0n) is 12.9. The van der Waals surface area contributed by atoms with Gasteiger partial charge in [0.25, 0.3) is 5.03 Å². The smallest absolute Gasteiger partial charge is 0.251 e. The third-order valence-corrected chi connectivity index (χ3v) is 4.59. The minimum absolute atomic E-state index is 0.106. The highest BCUT2D eigenvalue weighted by Gasteiger charge is 2.17. The van der Waals surface area contributed by atoms with Crippen LogP contribution in [0, 0.1) is 16.5 Å². The number of fused-ring (bicyclic) bond motifs is 1. The molecule has 0 radical (unpaired) electrons. The van der Waals surface area contributed by atoms with E-state index in [1.165, 1.54) is 6.20 Å². The summed E-state index contributed by atoms with van der Waals surface area (Å²) in [7, 11) is 1.80. The third-order valence-electron chi connectivity index (χ3n) is 3.56. The lowest BCUT2D eigenvalue weighted by atomic mass is 10.2. The van der Waals surface area contributed by atoms with E-state index < -0.39 is 0 Å². The van der Waals surface area contributed by atoms with Gasteiger partial charge in [0.2, 0.25) is 0 Å². The number of allylic oxidation sites excluding steroid dienone is 1. The summed E-state index contributed by atoms with van der Waals surface area (Å²) in [6.45, 7) is 0. The van der Waals surface area contributed by atoms with Crippen LogP contribution in [-0.2, 0) is 7.05 Å². The molecule has 24 heavy (non-hydrogen) atoms. The Morgan fingerprint density at radius 1 is 1.33 bits per heavy atom. The summed E-state index contributed by atoms with van der Waals surface area (Å²) < 4.78 is 2.49. The summed E-state index contributed by atoms with van der Waals surface area (Å²) in [5.41, 5.74) is 1.74. The van der Waals surface area contributed by atoms with Crippen LogP contribution in [0.3, 0.4) is 0 Å². The molecule has 0 spiro atoms. The Hall–Kier alpha value is -2.98. The van der Waals surface area contributed by atoms with Gasteiger partial charge in [-0.25, -0.2) is 4.98 Å². The van der Waals surface area contributed by atoms with Gasteiger partial charge in [0.05, 0.1) is 16.8 Å². The Balaban J connectivity index is 1.94. The number of thioether (sulfide) groups is 1. The van der Waals surface area contributed by atoms with Crippen molar-refractivity contribution >= 4 is 28.4 Å². The molecule has 0 fully saturated rings. The highest BCUT2D eigenvalue weighted by molar-refractivity contribution is 7.99. The van der Waals surface area contributed by atoms with Crippen molar-refractivity contribution in [1.82, 2.24) is 9.55 Å². The Labute approximate surface area is 142 Å². The fourth-order valence-electron chi connectivity index (χ4n) is 2.35. The van der Waals surface area contributed by atoms with Crippen molar-refractivity contribution in [1.29, 1.82) is 5.26 Å². The summed E-state index contributed by atoms with van der Waals surface area (Å²) >= 11 is 1.16. The maximum absolute atomic E-state index is 11.6. The highest BCUT2D eigenvalue weighted by atomic mass is 32.2. The predicted molar refractivity (Wildman–Crippen MR) is 92.0 cm³/mol. The van der Waals surface area contributed by atoms with Crippen LogP contribution in [0.15, 0.2) is 59.4 Å². The Bertz CT molecular complexity index is 972. The van der Waals surface area contributed by atoms with Gasteiger partial charge in [-0.2, -0.15) is 9.99 Å². The predicted octanol–water partition coefficient (Wildman–Crippen LogP) is 2.79. The number of imidazole rings is 1. The molecule has 0 bridgehead atoms. The number of nitrogens with zero attached hydrogens (tertiary/aromatic N) is 4. The van der Waals surface area contributed by atoms with Crippen LogP contribution in [-0.4, -0.2) is 20.4 Å². The first-order valence-corrected chi connectivity index (χ1v) is 8.15. The molecule has 0 aliphatic carbocycles. The quantitative estimate of drug-likeness (QED) is 0.260. The van der Waals surface area contributed by atoms with Crippen LogP contribution in [0.4, 0.5) is 0 Å². The molecule has 1 N–H and O–H groups in total. The van der Waals surface area contributed by atoms with E-state index >= 15 is 0 Å². The maximum atomic E-state index is 11.6. The van der Waals surface area contributed by atoms with Gasteiger partial charge in [0.1, 0.15) is 17.4 Å². The fourth-order valence-corrected chi connectivity index (χ4v) is 3.14. The van der Waals surface area contributed by atoms with Gasteiger partial charge in [-0.15, -0.1) is 0 Å². The minimum Gasteiger partial charge on any atom is -0.618 e. The number of aliphatic hydroxyl groups excluding tert-OH is 1. The monoisotopic (exact) mass is 338 g/mol. The minimum atomic E-state index is -0.107. The number of rotatable bonds is 4. The first kappa shape index (κ1) is 15.9. The molecule has 7 heteroatoms. The van der Waals surface area contributed by atoms with E-state index in [0.717, 1.165) is 27.5 Å². The highest BCUT2D eigenvalue weighted by Crippen LogP contribution is 2.24. The first-order chi connectivity index (χ1) is 11.6. The van der Waals surface area contributed by atoms with Gasteiger partial charge in [-0.1, -0.05) is 12.1 Å². The van der Waals surface area contributed by atoms with Crippen molar-refractivity contribution in [2.24, 2.45) is 7.05 Å². The molecule has 0 aliphatic heterocycles. The zero-order chi connectivity index (χ0) is 17.1. The summed E-state index contributed by atoms with van der Waals surface area (Å²) in [6, 6.07) is 14.6. The van der Waals surface area contributed by atoms with Crippen molar-refractivity contribution in [2.45, 2.75) is 5.03 Å². The molecule has 0 aliphatic rings. The van der Waals surface area contributed by atoms with Crippen LogP contribution < -0.4 is 4.73 Å². The van der Waals surface area contributed by atoms with E-state index in [1.54, 1.807) is 29.8 Å². The van der Waals surface area contributed by atoms with E-state index in [9.17, 15) is 15.6 Å². The molecule has 0 saturated carbocycles. The second kappa shape index (κ2) is 6.64. The molecular formula is C17H14N4O2S. The number of para-hydroxylation sites is 2. The molecular weight excluding hydrogens is 324 g/mol. The van der Waals surface area contributed by atoms with Crippen LogP contribution >= 0.6 is 11.8 Å². The van der Waals surface area contributed by atoms with Crippen molar-refractivity contribution in [3.63, 3.8) is 0 Å². The molecule has 0 unspecified atom stereocenters. The molecule has 0 atom stereocenters. The largest absolute Gasteiger partial charge is 0.618 e. The lowest BCUT2D eigenvalue weighted by Crippen LogP contribution is -2.27. The van der Waals surface area contributed by atoms with Crippen molar-refractivity contribution < 1.29 is 9.84 Å². The topological polar surface area (TPSA) is 88.8 Å². The summed E-state index contributed by atoms with van der Waals surface area (Å²) in [5, 5.41) is 31.9. The summed E-state index contributed by atoms with van der Waals surface area (Å²) in [5.74, 6) is 0.405. The van der Waals surface area contributed by atoms with E-state index in [-0.39, 0.29) is 17.1 Å². The van der Waals surface area contributed by atoms with Crippen LogP contribution in [0.25, 0.3) is 16.6 Å². The van der Waals surface area contributed by atoms with E-state index in [4.69, 9.17) is 0 Å². The maximum Gasteiger partial charge on any atom is 0.251 e. The lowest BCUT2D eigenvalue weighted by molar-refractivity contribution is -0.645. The second-order valence-electron chi connectivity index (χ2n) is 5.07. The SMILES string of the molecule is Cn1c(C(C#N)=C(O)CSc2cccc[n+]2[O-])nc2ccccc21. The van der Waals surface area contributed by atoms with Crippen molar-refractivity contribution in [3.8, 4) is 6.07 Å². The number of hydrogen-bond acceptors (Lipinski definition) is 5. The molecule has 0 saturated heterocycles. The lowest BCUT2D eigenvalue weighted by Gasteiger charge is -2.05. The number of pyridine rings is 1. The Kier molecular flexibility index (Phi) is 4.40. The van der Waals surface area contributed by atoms with Crippen molar-refractivity contribution in [3.05, 3.63) is 65.5 Å². The number of benzene rings is 1. The van der Waals surface area contributed by atoms with E-state index in [0.29, 0.717) is 10.9 Å². The molecule has 0 amide bonds. The Morgan fingerprint density at radius 2 is 2.08 bits per heavy atom. The average molecular weight is 338 g/mol. The number of hydrogen-bond donors (Lipinski definition) is 1. The van der Waals surface area contributed by atoms with Gasteiger partial charge >= 0.3 is 0 Å². The third kappa shape index (κ3) is 2.92. The standard InChI is InChI=1S/C17H14N4O2S/c1-20-14-7-3-2-6-13(14)19-17(20)12(10-18)15(22)11-24-16-8-4-5-9-21(16)23/h2-9,22H,11H2,1H3. The van der Waals surface area contributed by atoms with Crippen LogP contribution in [0.5, 0.6) is 0 Å². The number of aliphatic hydroxyl groups is 1. The number of aromatic nitrogens is 3. The average Bonchev–Trinajstić information content (AvgIpc) is 2.92. The van der Waals surface area contributed by atoms with Crippen LogP contribution in [0.1, 0.15) is 5.82 Å². The van der Waals surface area contributed by atoms with E-state index in [1.807, 2.05) is 30.3 Å². The molecule has 120 valence electrons. The van der Waals surface area contributed by atoms with Gasteiger partial charge in [0.15, 0.2) is 12.0 Å². The molecule has 2 aromatic heterocycles.